The van der Waals surface area contributed by atoms with Gasteiger partial charge in [0.25, 0.3) is 5.88 Å². The lowest BCUT2D eigenvalue weighted by molar-refractivity contribution is 0.284. The van der Waals surface area contributed by atoms with Crippen LogP contribution >= 0.6 is 0 Å². The van der Waals surface area contributed by atoms with Crippen LogP contribution in [0.4, 0.5) is 14.5 Å². The van der Waals surface area contributed by atoms with Crippen molar-refractivity contribution < 1.29 is 13.5 Å². The molecular weight excluding hydrogens is 402 g/mol. The maximum atomic E-state index is 13.5. The molecule has 1 saturated heterocycles. The Labute approximate surface area is 179 Å². The predicted octanol–water partition coefficient (Wildman–Crippen LogP) is 3.09. The number of halogens is 2. The van der Waals surface area contributed by atoms with Gasteiger partial charge in [-0.2, -0.15) is 5.10 Å². The summed E-state index contributed by atoms with van der Waals surface area (Å²) in [6.07, 6.45) is 9.10. The Morgan fingerprint density at radius 3 is 2.45 bits per heavy atom. The molecule has 7 nitrogen and oxygen atoms in total. The third-order valence-electron chi connectivity index (χ3n) is 5.33. The third-order valence-corrected chi connectivity index (χ3v) is 5.33. The second kappa shape index (κ2) is 9.22. The largest absolute Gasteiger partial charge is 0.478 e. The van der Waals surface area contributed by atoms with Crippen molar-refractivity contribution in [1.82, 2.24) is 24.6 Å². The van der Waals surface area contributed by atoms with Gasteiger partial charge in [0.15, 0.2) is 0 Å². The zero-order valence-corrected chi connectivity index (χ0v) is 17.5. The number of ether oxygens (including phenoxy) is 1. The fourth-order valence-corrected chi connectivity index (χ4v) is 3.65. The van der Waals surface area contributed by atoms with Crippen molar-refractivity contribution in [3.05, 3.63) is 65.8 Å². The van der Waals surface area contributed by atoms with Crippen LogP contribution in [0.2, 0.25) is 0 Å². The Kier molecular flexibility index (Phi) is 6.22. The van der Waals surface area contributed by atoms with Crippen molar-refractivity contribution in [3.63, 3.8) is 0 Å². The predicted molar refractivity (Wildman–Crippen MR) is 114 cm³/mol. The summed E-state index contributed by atoms with van der Waals surface area (Å²) in [5.74, 6) is -0.127. The second-order valence-electron chi connectivity index (χ2n) is 7.30. The van der Waals surface area contributed by atoms with Crippen molar-refractivity contribution in [1.29, 1.82) is 0 Å². The molecule has 0 radical (unpaired) electrons. The molecule has 31 heavy (non-hydrogen) atoms. The summed E-state index contributed by atoms with van der Waals surface area (Å²) in [6, 6.07) is 3.66. The van der Waals surface area contributed by atoms with Crippen LogP contribution in [0.15, 0.2) is 42.9 Å². The molecule has 1 fully saturated rings. The number of hydrogen-bond acceptors (Lipinski definition) is 6. The molecule has 3 heterocycles. The molecule has 0 aliphatic carbocycles. The summed E-state index contributed by atoms with van der Waals surface area (Å²) < 4.78 is 33.9. The number of nitrogens with zero attached hydrogens (tertiary/aromatic N) is 6. The molecular formula is C22H24F2N6O. The Hall–Kier alpha value is -3.33. The number of aromatic nitrogens is 4. The quantitative estimate of drug-likeness (QED) is 0.604. The van der Waals surface area contributed by atoms with E-state index in [0.29, 0.717) is 17.4 Å². The van der Waals surface area contributed by atoms with Gasteiger partial charge in [-0.3, -0.25) is 4.90 Å². The van der Waals surface area contributed by atoms with Crippen LogP contribution in [0.5, 0.6) is 5.88 Å². The summed E-state index contributed by atoms with van der Waals surface area (Å²) in [4.78, 5) is 12.8. The fourth-order valence-electron chi connectivity index (χ4n) is 3.65. The minimum absolute atomic E-state index is 0.417. The van der Waals surface area contributed by atoms with E-state index < -0.39 is 11.6 Å². The van der Waals surface area contributed by atoms with E-state index in [9.17, 15) is 8.78 Å². The lowest BCUT2D eigenvalue weighted by Crippen LogP contribution is -2.46. The molecule has 1 aromatic carbocycles. The van der Waals surface area contributed by atoms with Crippen molar-refractivity contribution in [2.45, 2.75) is 6.92 Å². The zero-order chi connectivity index (χ0) is 21.8. The fraction of sp³-hybridized carbons (Fsp3) is 0.318. The molecule has 2 aromatic heterocycles. The Morgan fingerprint density at radius 1 is 1.03 bits per heavy atom. The molecule has 1 aliphatic rings. The van der Waals surface area contributed by atoms with Crippen LogP contribution in [-0.2, 0) is 0 Å². The van der Waals surface area contributed by atoms with Crippen molar-refractivity contribution in [3.8, 4) is 11.7 Å². The van der Waals surface area contributed by atoms with E-state index in [4.69, 9.17) is 4.74 Å². The maximum absolute atomic E-state index is 13.5. The molecule has 162 valence electrons. The van der Waals surface area contributed by atoms with Crippen LogP contribution < -0.4 is 9.64 Å². The maximum Gasteiger partial charge on any atom is 0.259 e. The summed E-state index contributed by atoms with van der Waals surface area (Å²) in [5, 5.41) is 4.42. The van der Waals surface area contributed by atoms with Crippen molar-refractivity contribution in [2.24, 2.45) is 0 Å². The number of rotatable bonds is 6. The Bertz CT molecular complexity index is 1060. The van der Waals surface area contributed by atoms with Crippen molar-refractivity contribution in [2.75, 3.05) is 44.7 Å². The molecule has 3 aromatic rings. The molecule has 0 amide bonds. The molecule has 1 aliphatic heterocycles. The summed E-state index contributed by atoms with van der Waals surface area (Å²) in [7, 11) is 1.55. The first-order valence-corrected chi connectivity index (χ1v) is 10.0. The summed E-state index contributed by atoms with van der Waals surface area (Å²) >= 11 is 0. The van der Waals surface area contributed by atoms with Gasteiger partial charge >= 0.3 is 0 Å². The second-order valence-corrected chi connectivity index (χ2v) is 7.30. The van der Waals surface area contributed by atoms with E-state index in [-0.39, 0.29) is 0 Å². The zero-order valence-electron chi connectivity index (χ0n) is 17.5. The monoisotopic (exact) mass is 426 g/mol. The highest BCUT2D eigenvalue weighted by Gasteiger charge is 2.18. The highest BCUT2D eigenvalue weighted by Crippen LogP contribution is 2.21. The smallest absolute Gasteiger partial charge is 0.259 e. The van der Waals surface area contributed by atoms with Crippen LogP contribution in [0, 0.1) is 18.6 Å². The SMILES string of the molecule is COc1nccnc1-n1ncc(C=CCN2CCN(c3cc(F)cc(F)c3)CC2)c1C. The summed E-state index contributed by atoms with van der Waals surface area (Å²) in [5.41, 5.74) is 2.52. The molecule has 0 N–H and O–H groups in total. The number of methoxy groups -OCH3 is 1. The molecule has 9 heteroatoms. The number of piperazine rings is 1. The van der Waals surface area contributed by atoms with Gasteiger partial charge in [0.05, 0.1) is 19.0 Å². The van der Waals surface area contributed by atoms with Gasteiger partial charge in [0.2, 0.25) is 5.82 Å². The van der Waals surface area contributed by atoms with Gasteiger partial charge in [-0.25, -0.2) is 23.4 Å². The molecule has 4 rings (SSSR count). The number of anilines is 1. The number of hydrogen-bond donors (Lipinski definition) is 0. The first kappa shape index (κ1) is 20.9. The van der Waals surface area contributed by atoms with Crippen LogP contribution in [0.25, 0.3) is 11.9 Å². The van der Waals surface area contributed by atoms with E-state index in [0.717, 1.165) is 50.0 Å². The average Bonchev–Trinajstić information content (AvgIpc) is 3.13. The van der Waals surface area contributed by atoms with E-state index >= 15 is 0 Å². The van der Waals surface area contributed by atoms with Gasteiger partial charge < -0.3 is 9.64 Å². The molecule has 0 unspecified atom stereocenters. The third kappa shape index (κ3) is 4.72. The Morgan fingerprint density at radius 2 is 1.74 bits per heavy atom. The minimum atomic E-state index is -0.546. The van der Waals surface area contributed by atoms with E-state index in [1.807, 2.05) is 17.9 Å². The van der Waals surface area contributed by atoms with Crippen LogP contribution in [-0.4, -0.2) is 64.5 Å². The van der Waals surface area contributed by atoms with Crippen LogP contribution in [0.1, 0.15) is 11.3 Å². The molecule has 0 bridgehead atoms. The van der Waals surface area contributed by atoms with Gasteiger partial charge in [0, 0.05) is 62.4 Å². The van der Waals surface area contributed by atoms with Gasteiger partial charge in [0.1, 0.15) is 11.6 Å². The standard InChI is InChI=1S/C22H24F2N6O/c1-16-17(15-27-30(16)21-22(31-2)26-6-5-25-21)4-3-7-28-8-10-29(11-9-28)20-13-18(23)12-19(24)14-20/h3-6,12-15H,7-11H2,1-2H3. The minimum Gasteiger partial charge on any atom is -0.478 e. The van der Waals surface area contributed by atoms with Gasteiger partial charge in [-0.05, 0) is 19.1 Å². The first-order chi connectivity index (χ1) is 15.0. The number of benzene rings is 1. The highest BCUT2D eigenvalue weighted by molar-refractivity contribution is 5.53. The normalized spacial score (nSPS) is 15.0. The van der Waals surface area contributed by atoms with E-state index in [1.165, 1.54) is 12.1 Å². The topological polar surface area (TPSA) is 59.3 Å². The van der Waals surface area contributed by atoms with E-state index in [1.54, 1.807) is 30.4 Å². The molecule has 0 atom stereocenters. The lowest BCUT2D eigenvalue weighted by atomic mass is 10.2. The van der Waals surface area contributed by atoms with E-state index in [2.05, 4.69) is 26.0 Å². The van der Waals surface area contributed by atoms with Crippen LogP contribution in [0.3, 0.4) is 0 Å². The van der Waals surface area contributed by atoms with Crippen molar-refractivity contribution >= 4 is 11.8 Å². The lowest BCUT2D eigenvalue weighted by Gasteiger charge is -2.35. The van der Waals surface area contributed by atoms with Gasteiger partial charge in [-0.15, -0.1) is 0 Å². The highest BCUT2D eigenvalue weighted by atomic mass is 19.1. The van der Waals surface area contributed by atoms with Gasteiger partial charge in [-0.1, -0.05) is 12.2 Å². The Balaban J connectivity index is 1.35. The average molecular weight is 426 g/mol. The first-order valence-electron chi connectivity index (χ1n) is 10.0. The summed E-state index contributed by atoms with van der Waals surface area (Å²) in [6.45, 7) is 5.83. The molecule has 0 spiro atoms. The molecule has 0 saturated carbocycles.